The van der Waals surface area contributed by atoms with Crippen LogP contribution < -0.4 is 5.32 Å². The number of amides is 1. The van der Waals surface area contributed by atoms with Gasteiger partial charge in [0.05, 0.1) is 0 Å². The minimum Gasteiger partial charge on any atom is -0.355 e. The molecule has 4 saturated carbocycles. The number of hydrogen-bond acceptors (Lipinski definition) is 2. The van der Waals surface area contributed by atoms with Crippen molar-refractivity contribution >= 4 is 18.5 Å². The second-order valence-corrected chi connectivity index (χ2v) is 7.12. The van der Waals surface area contributed by atoms with Crippen LogP contribution in [-0.4, -0.2) is 18.2 Å². The third-order valence-electron chi connectivity index (χ3n) is 5.13. The average molecular weight is 253 g/mol. The first kappa shape index (κ1) is 11.9. The summed E-state index contributed by atoms with van der Waals surface area (Å²) in [6.45, 7) is 0.717. The van der Waals surface area contributed by atoms with E-state index in [4.69, 9.17) is 0 Å². The van der Waals surface area contributed by atoms with Crippen molar-refractivity contribution in [2.75, 3.05) is 12.3 Å². The fourth-order valence-electron chi connectivity index (χ4n) is 5.10. The normalized spacial score (nSPS) is 42.8. The smallest absolute Gasteiger partial charge is 0.220 e. The fraction of sp³-hybridized carbons (Fsp3) is 0.929. The molecule has 0 spiro atoms. The lowest BCUT2D eigenvalue weighted by atomic mass is 9.49. The van der Waals surface area contributed by atoms with Gasteiger partial charge in [-0.3, -0.25) is 4.79 Å². The summed E-state index contributed by atoms with van der Waals surface area (Å²) < 4.78 is 0. The molecule has 3 heteroatoms. The molecular formula is C14H23NOS. The van der Waals surface area contributed by atoms with Crippen molar-refractivity contribution in [3.63, 3.8) is 0 Å². The van der Waals surface area contributed by atoms with E-state index in [1.807, 2.05) is 0 Å². The number of thiol groups is 1. The van der Waals surface area contributed by atoms with Crippen molar-refractivity contribution in [3.05, 3.63) is 0 Å². The Morgan fingerprint density at radius 3 is 2.12 bits per heavy atom. The van der Waals surface area contributed by atoms with Crippen LogP contribution in [-0.2, 0) is 4.79 Å². The lowest BCUT2D eigenvalue weighted by molar-refractivity contribution is -0.129. The standard InChI is InChI=1S/C14H23NOS/c16-13(15-1-2-17)9-14-6-10-3-11(7-14)5-12(4-10)8-14/h10-12,17H,1-9H2,(H,15,16). The van der Waals surface area contributed by atoms with Gasteiger partial charge in [0.25, 0.3) is 0 Å². The van der Waals surface area contributed by atoms with Crippen LogP contribution in [0.15, 0.2) is 0 Å². The largest absolute Gasteiger partial charge is 0.355 e. The molecule has 1 amide bonds. The van der Waals surface area contributed by atoms with Gasteiger partial charge in [0.1, 0.15) is 0 Å². The number of rotatable bonds is 4. The highest BCUT2D eigenvalue weighted by atomic mass is 32.1. The van der Waals surface area contributed by atoms with Crippen LogP contribution in [0.25, 0.3) is 0 Å². The summed E-state index contributed by atoms with van der Waals surface area (Å²) in [5, 5.41) is 2.99. The zero-order valence-corrected chi connectivity index (χ0v) is 11.3. The van der Waals surface area contributed by atoms with E-state index < -0.39 is 0 Å². The number of carbonyl (C=O) groups is 1. The van der Waals surface area contributed by atoms with Crippen molar-refractivity contribution in [3.8, 4) is 0 Å². The first-order valence-corrected chi connectivity index (χ1v) is 7.70. The molecule has 2 nitrogen and oxygen atoms in total. The maximum atomic E-state index is 11.9. The summed E-state index contributed by atoms with van der Waals surface area (Å²) in [7, 11) is 0. The van der Waals surface area contributed by atoms with E-state index in [2.05, 4.69) is 17.9 Å². The van der Waals surface area contributed by atoms with Gasteiger partial charge in [0.15, 0.2) is 0 Å². The van der Waals surface area contributed by atoms with Crippen LogP contribution in [0.5, 0.6) is 0 Å². The fourth-order valence-corrected chi connectivity index (χ4v) is 5.22. The van der Waals surface area contributed by atoms with Crippen LogP contribution in [0, 0.1) is 23.2 Å². The monoisotopic (exact) mass is 253 g/mol. The number of hydrogen-bond donors (Lipinski definition) is 2. The number of carbonyl (C=O) groups excluding carboxylic acids is 1. The second kappa shape index (κ2) is 4.49. The van der Waals surface area contributed by atoms with E-state index >= 15 is 0 Å². The van der Waals surface area contributed by atoms with E-state index in [9.17, 15) is 4.79 Å². The van der Waals surface area contributed by atoms with Crippen molar-refractivity contribution in [1.29, 1.82) is 0 Å². The lowest BCUT2D eigenvalue weighted by Crippen LogP contribution is -2.48. The molecule has 1 N–H and O–H groups in total. The number of nitrogens with one attached hydrogen (secondary N) is 1. The summed E-state index contributed by atoms with van der Waals surface area (Å²) in [5.74, 6) is 3.84. The minimum atomic E-state index is 0.265. The Balaban J connectivity index is 1.64. The van der Waals surface area contributed by atoms with Gasteiger partial charge in [-0.2, -0.15) is 12.6 Å². The van der Waals surface area contributed by atoms with Crippen LogP contribution >= 0.6 is 12.6 Å². The van der Waals surface area contributed by atoms with Crippen LogP contribution in [0.4, 0.5) is 0 Å². The molecule has 17 heavy (non-hydrogen) atoms. The third kappa shape index (κ3) is 2.35. The highest BCUT2D eigenvalue weighted by Crippen LogP contribution is 2.61. The quantitative estimate of drug-likeness (QED) is 0.741. The zero-order chi connectivity index (χ0) is 11.9. The Morgan fingerprint density at radius 2 is 1.65 bits per heavy atom. The van der Waals surface area contributed by atoms with E-state index in [-0.39, 0.29) is 5.91 Å². The molecule has 0 aromatic heterocycles. The summed E-state index contributed by atoms with van der Waals surface area (Å²) in [6, 6.07) is 0. The predicted octanol–water partition coefficient (Wildman–Crippen LogP) is 2.64. The van der Waals surface area contributed by atoms with Gasteiger partial charge < -0.3 is 5.32 Å². The highest BCUT2D eigenvalue weighted by Gasteiger charge is 2.51. The molecule has 4 rings (SSSR count). The minimum absolute atomic E-state index is 0.265. The van der Waals surface area contributed by atoms with Crippen molar-refractivity contribution in [2.45, 2.75) is 44.9 Å². The first-order chi connectivity index (χ1) is 8.19. The molecule has 0 atom stereocenters. The molecule has 0 aromatic carbocycles. The van der Waals surface area contributed by atoms with Crippen LogP contribution in [0.1, 0.15) is 44.9 Å². The van der Waals surface area contributed by atoms with Gasteiger partial charge in [-0.25, -0.2) is 0 Å². The van der Waals surface area contributed by atoms with Gasteiger partial charge in [-0.05, 0) is 61.7 Å². The maximum Gasteiger partial charge on any atom is 0.220 e. The molecule has 4 aliphatic carbocycles. The molecule has 4 fully saturated rings. The summed E-state index contributed by atoms with van der Waals surface area (Å²) in [4.78, 5) is 11.9. The molecule has 0 radical (unpaired) electrons. The Labute approximate surface area is 109 Å². The van der Waals surface area contributed by atoms with E-state index in [1.54, 1.807) is 0 Å². The molecule has 4 bridgehead atoms. The molecule has 96 valence electrons. The Bertz CT molecular complexity index is 280. The van der Waals surface area contributed by atoms with E-state index in [0.717, 1.165) is 29.9 Å². The SMILES string of the molecule is O=C(CC12CC3CC(CC(C3)C1)C2)NCCS. The van der Waals surface area contributed by atoms with Crippen molar-refractivity contribution in [2.24, 2.45) is 23.2 Å². The maximum absolute atomic E-state index is 11.9. The van der Waals surface area contributed by atoms with Gasteiger partial charge >= 0.3 is 0 Å². The van der Waals surface area contributed by atoms with E-state index in [1.165, 1.54) is 38.5 Å². The highest BCUT2D eigenvalue weighted by molar-refractivity contribution is 7.80. The Hall–Kier alpha value is -0.180. The molecular weight excluding hydrogens is 230 g/mol. The topological polar surface area (TPSA) is 29.1 Å². The molecule has 4 aliphatic rings. The third-order valence-corrected chi connectivity index (χ3v) is 5.36. The van der Waals surface area contributed by atoms with Gasteiger partial charge in [0.2, 0.25) is 5.91 Å². The van der Waals surface area contributed by atoms with Crippen LogP contribution in [0.3, 0.4) is 0 Å². The summed E-state index contributed by atoms with van der Waals surface area (Å²) in [6.07, 6.45) is 9.13. The zero-order valence-electron chi connectivity index (χ0n) is 10.5. The molecule has 0 aromatic rings. The van der Waals surface area contributed by atoms with Gasteiger partial charge in [0, 0.05) is 18.7 Å². The van der Waals surface area contributed by atoms with Gasteiger partial charge in [-0.15, -0.1) is 0 Å². The second-order valence-electron chi connectivity index (χ2n) is 6.67. The average Bonchev–Trinajstić information content (AvgIpc) is 2.23. The molecule has 0 aliphatic heterocycles. The van der Waals surface area contributed by atoms with Gasteiger partial charge in [-0.1, -0.05) is 0 Å². The Morgan fingerprint density at radius 1 is 1.12 bits per heavy atom. The Kier molecular flexibility index (Phi) is 3.14. The molecule has 0 saturated heterocycles. The molecule has 0 unspecified atom stereocenters. The molecule has 0 heterocycles. The summed E-state index contributed by atoms with van der Waals surface area (Å²) in [5.41, 5.74) is 0.384. The van der Waals surface area contributed by atoms with Crippen molar-refractivity contribution < 1.29 is 4.79 Å². The van der Waals surface area contributed by atoms with Crippen LogP contribution in [0.2, 0.25) is 0 Å². The van der Waals surface area contributed by atoms with Crippen molar-refractivity contribution in [1.82, 2.24) is 5.32 Å². The predicted molar refractivity (Wildman–Crippen MR) is 72.1 cm³/mol. The first-order valence-electron chi connectivity index (χ1n) is 7.07. The lowest BCUT2D eigenvalue weighted by Gasteiger charge is -2.56. The van der Waals surface area contributed by atoms with E-state index in [0.29, 0.717) is 12.0 Å². The summed E-state index contributed by atoms with van der Waals surface area (Å²) >= 11 is 4.14.